The van der Waals surface area contributed by atoms with Crippen LogP contribution in [0, 0.1) is 12.8 Å². The van der Waals surface area contributed by atoms with E-state index in [1.54, 1.807) is 0 Å². The van der Waals surface area contributed by atoms with Gasteiger partial charge in [-0.05, 0) is 56.0 Å². The normalized spacial score (nSPS) is 18.5. The number of nitrogens with zero attached hydrogens (tertiary/aromatic N) is 1. The number of hydrogen-bond donors (Lipinski definition) is 2. The number of carbonyl (C=O) groups excluding carboxylic acids is 2. The minimum atomic E-state index is -0.212. The third-order valence-corrected chi connectivity index (χ3v) is 4.51. The molecule has 126 valence electrons. The fourth-order valence-electron chi connectivity index (χ4n) is 2.83. The minimum Gasteiger partial charge on any atom is -0.346 e. The van der Waals surface area contributed by atoms with Gasteiger partial charge in [-0.25, -0.2) is 0 Å². The Bertz CT molecular complexity index is 577. The van der Waals surface area contributed by atoms with Crippen LogP contribution in [0.1, 0.15) is 25.3 Å². The van der Waals surface area contributed by atoms with E-state index in [4.69, 9.17) is 0 Å². The molecule has 1 atom stereocenters. The highest BCUT2D eigenvalue weighted by atomic mass is 79.9. The SMILES string of the molecule is Cc1cc(Br)ccc1NC(=O)CNC(=O)CN1CCC[C@@H](C)C1. The zero-order valence-corrected chi connectivity index (χ0v) is 15.3. The van der Waals surface area contributed by atoms with Gasteiger partial charge in [0.15, 0.2) is 0 Å². The number of carbonyl (C=O) groups is 2. The number of rotatable bonds is 5. The van der Waals surface area contributed by atoms with Crippen molar-refractivity contribution >= 4 is 33.4 Å². The fraction of sp³-hybridized carbons (Fsp3) is 0.529. The standard InChI is InChI=1S/C17H24BrN3O2/c1-12-4-3-7-21(10-12)11-17(23)19-9-16(22)20-15-6-5-14(18)8-13(15)2/h5-6,8,12H,3-4,7,9-11H2,1-2H3,(H,19,23)(H,20,22)/t12-/m1/s1. The van der Waals surface area contributed by atoms with Gasteiger partial charge in [-0.2, -0.15) is 0 Å². The quantitative estimate of drug-likeness (QED) is 0.823. The molecule has 23 heavy (non-hydrogen) atoms. The van der Waals surface area contributed by atoms with Crippen LogP contribution in [0.25, 0.3) is 0 Å². The van der Waals surface area contributed by atoms with Gasteiger partial charge in [-0.15, -0.1) is 0 Å². The first-order valence-electron chi connectivity index (χ1n) is 7.99. The molecule has 0 spiro atoms. The molecule has 2 rings (SSSR count). The molecule has 0 aliphatic carbocycles. The second kappa shape index (κ2) is 8.45. The van der Waals surface area contributed by atoms with E-state index in [2.05, 4.69) is 38.4 Å². The Morgan fingerprint density at radius 3 is 2.83 bits per heavy atom. The largest absolute Gasteiger partial charge is 0.346 e. The molecule has 1 aromatic carbocycles. The van der Waals surface area contributed by atoms with E-state index in [1.807, 2.05) is 25.1 Å². The monoisotopic (exact) mass is 381 g/mol. The Kier molecular flexibility index (Phi) is 6.59. The third kappa shape index (κ3) is 5.95. The lowest BCUT2D eigenvalue weighted by Gasteiger charge is -2.30. The van der Waals surface area contributed by atoms with Crippen molar-refractivity contribution in [3.63, 3.8) is 0 Å². The number of halogens is 1. The van der Waals surface area contributed by atoms with Crippen LogP contribution in [0.4, 0.5) is 5.69 Å². The Labute approximate surface area is 145 Å². The molecule has 1 aliphatic rings. The highest BCUT2D eigenvalue weighted by Gasteiger charge is 2.18. The van der Waals surface area contributed by atoms with Gasteiger partial charge in [-0.3, -0.25) is 14.5 Å². The van der Waals surface area contributed by atoms with Crippen LogP contribution >= 0.6 is 15.9 Å². The van der Waals surface area contributed by atoms with Gasteiger partial charge in [0.2, 0.25) is 11.8 Å². The maximum Gasteiger partial charge on any atom is 0.243 e. The van der Waals surface area contributed by atoms with Crippen LogP contribution in [0.5, 0.6) is 0 Å². The van der Waals surface area contributed by atoms with Crippen molar-refractivity contribution in [2.45, 2.75) is 26.7 Å². The number of anilines is 1. The van der Waals surface area contributed by atoms with E-state index in [1.165, 1.54) is 6.42 Å². The summed E-state index contributed by atoms with van der Waals surface area (Å²) < 4.78 is 0.970. The molecule has 2 amide bonds. The zero-order chi connectivity index (χ0) is 16.8. The first kappa shape index (κ1) is 17.9. The smallest absolute Gasteiger partial charge is 0.243 e. The van der Waals surface area contributed by atoms with Crippen molar-refractivity contribution in [1.82, 2.24) is 10.2 Å². The minimum absolute atomic E-state index is 0.00225. The molecule has 6 heteroatoms. The number of likely N-dealkylation sites (tertiary alicyclic amines) is 1. The van der Waals surface area contributed by atoms with E-state index in [-0.39, 0.29) is 18.4 Å². The first-order valence-corrected chi connectivity index (χ1v) is 8.78. The number of amides is 2. The van der Waals surface area contributed by atoms with Crippen LogP contribution in [0.2, 0.25) is 0 Å². The third-order valence-electron chi connectivity index (χ3n) is 4.02. The van der Waals surface area contributed by atoms with Gasteiger partial charge in [0.1, 0.15) is 0 Å². The van der Waals surface area contributed by atoms with Crippen molar-refractivity contribution in [3.8, 4) is 0 Å². The van der Waals surface area contributed by atoms with E-state index < -0.39 is 0 Å². The molecular weight excluding hydrogens is 358 g/mol. The number of piperidine rings is 1. The molecule has 1 aliphatic heterocycles. The van der Waals surface area contributed by atoms with Crippen molar-refractivity contribution in [3.05, 3.63) is 28.2 Å². The summed E-state index contributed by atoms with van der Waals surface area (Å²) in [6.07, 6.45) is 2.37. The molecule has 0 unspecified atom stereocenters. The summed E-state index contributed by atoms with van der Waals surface area (Å²) in [6.45, 7) is 6.42. The van der Waals surface area contributed by atoms with E-state index in [0.29, 0.717) is 12.5 Å². The summed E-state index contributed by atoms with van der Waals surface area (Å²) in [6, 6.07) is 5.65. The van der Waals surface area contributed by atoms with Crippen molar-refractivity contribution < 1.29 is 9.59 Å². The summed E-state index contributed by atoms with van der Waals surface area (Å²) in [4.78, 5) is 26.0. The van der Waals surface area contributed by atoms with Crippen molar-refractivity contribution in [2.24, 2.45) is 5.92 Å². The lowest BCUT2D eigenvalue weighted by atomic mass is 10.0. The molecule has 1 fully saturated rings. The first-order chi connectivity index (χ1) is 10.9. The Balaban J connectivity index is 1.74. The second-order valence-electron chi connectivity index (χ2n) is 6.27. The highest BCUT2D eigenvalue weighted by Crippen LogP contribution is 2.19. The lowest BCUT2D eigenvalue weighted by Crippen LogP contribution is -2.43. The zero-order valence-electron chi connectivity index (χ0n) is 13.7. The average Bonchev–Trinajstić information content (AvgIpc) is 2.48. The Morgan fingerprint density at radius 2 is 2.13 bits per heavy atom. The molecular formula is C17H24BrN3O2. The maximum atomic E-state index is 11.9. The van der Waals surface area contributed by atoms with Gasteiger partial charge in [0.05, 0.1) is 13.1 Å². The molecule has 0 aromatic heterocycles. The van der Waals surface area contributed by atoms with E-state index in [0.717, 1.165) is 35.2 Å². The Morgan fingerprint density at radius 1 is 1.35 bits per heavy atom. The van der Waals surface area contributed by atoms with E-state index >= 15 is 0 Å². The predicted molar refractivity (Wildman–Crippen MR) is 95.4 cm³/mol. The molecule has 5 nitrogen and oxygen atoms in total. The van der Waals surface area contributed by atoms with Gasteiger partial charge < -0.3 is 10.6 Å². The van der Waals surface area contributed by atoms with Crippen LogP contribution in [-0.2, 0) is 9.59 Å². The number of benzene rings is 1. The van der Waals surface area contributed by atoms with Crippen LogP contribution in [-0.4, -0.2) is 42.9 Å². The summed E-state index contributed by atoms with van der Waals surface area (Å²) in [7, 11) is 0. The molecule has 2 N–H and O–H groups in total. The lowest BCUT2D eigenvalue weighted by molar-refractivity contribution is -0.125. The predicted octanol–water partition coefficient (Wildman–Crippen LogP) is 2.54. The average molecular weight is 382 g/mol. The van der Waals surface area contributed by atoms with Crippen LogP contribution in [0.15, 0.2) is 22.7 Å². The van der Waals surface area contributed by atoms with Crippen molar-refractivity contribution in [1.29, 1.82) is 0 Å². The van der Waals surface area contributed by atoms with E-state index in [9.17, 15) is 9.59 Å². The number of hydrogen-bond acceptors (Lipinski definition) is 3. The highest BCUT2D eigenvalue weighted by molar-refractivity contribution is 9.10. The second-order valence-corrected chi connectivity index (χ2v) is 7.18. The summed E-state index contributed by atoms with van der Waals surface area (Å²) in [5, 5.41) is 5.51. The summed E-state index contributed by atoms with van der Waals surface area (Å²) in [5.74, 6) is 0.331. The summed E-state index contributed by atoms with van der Waals surface area (Å²) >= 11 is 3.39. The maximum absolute atomic E-state index is 11.9. The molecule has 1 saturated heterocycles. The van der Waals surface area contributed by atoms with Gasteiger partial charge in [0, 0.05) is 16.7 Å². The topological polar surface area (TPSA) is 61.4 Å². The van der Waals surface area contributed by atoms with Crippen LogP contribution in [0.3, 0.4) is 0 Å². The molecule has 1 heterocycles. The fourth-order valence-corrected chi connectivity index (χ4v) is 3.31. The number of nitrogens with one attached hydrogen (secondary N) is 2. The molecule has 0 radical (unpaired) electrons. The molecule has 0 saturated carbocycles. The molecule has 1 aromatic rings. The Hall–Kier alpha value is -1.40. The van der Waals surface area contributed by atoms with Gasteiger partial charge in [0.25, 0.3) is 0 Å². The molecule has 0 bridgehead atoms. The van der Waals surface area contributed by atoms with Gasteiger partial charge in [-0.1, -0.05) is 22.9 Å². The van der Waals surface area contributed by atoms with Gasteiger partial charge >= 0.3 is 0 Å². The summed E-state index contributed by atoms with van der Waals surface area (Å²) in [5.41, 5.74) is 1.73. The van der Waals surface area contributed by atoms with Crippen molar-refractivity contribution in [2.75, 3.05) is 31.5 Å². The van der Waals surface area contributed by atoms with Crippen LogP contribution < -0.4 is 10.6 Å². The number of aryl methyl sites for hydroxylation is 1.